The minimum atomic E-state index is 0.479. The molecular weight excluding hydrogens is 324 g/mol. The number of aromatic nitrogens is 3. The molecule has 132 valence electrons. The summed E-state index contributed by atoms with van der Waals surface area (Å²) in [7, 11) is 0. The fourth-order valence-electron chi connectivity index (χ4n) is 4.37. The summed E-state index contributed by atoms with van der Waals surface area (Å²) in [5.74, 6) is 1.90. The predicted molar refractivity (Wildman–Crippen MR) is 98.9 cm³/mol. The fraction of sp³-hybridized carbons (Fsp3) is 0.381. The van der Waals surface area contributed by atoms with Crippen LogP contribution in [-0.2, 0) is 25.8 Å². The van der Waals surface area contributed by atoms with E-state index in [2.05, 4.69) is 39.7 Å². The van der Waals surface area contributed by atoms with Gasteiger partial charge in [0.15, 0.2) is 0 Å². The molecule has 0 amide bonds. The van der Waals surface area contributed by atoms with Gasteiger partial charge in [0, 0.05) is 30.4 Å². The Bertz CT molecular complexity index is 962. The highest BCUT2D eigenvalue weighted by molar-refractivity contribution is 5.64. The molecule has 1 atom stereocenters. The van der Waals surface area contributed by atoms with Crippen molar-refractivity contribution in [3.05, 3.63) is 64.3 Å². The molecule has 1 aliphatic heterocycles. The number of nitrogens with one attached hydrogen (secondary N) is 1. The van der Waals surface area contributed by atoms with E-state index in [1.54, 1.807) is 0 Å². The van der Waals surface area contributed by atoms with Gasteiger partial charge >= 0.3 is 0 Å². The van der Waals surface area contributed by atoms with Crippen molar-refractivity contribution in [1.82, 2.24) is 20.4 Å². The van der Waals surface area contributed by atoms with Crippen LogP contribution in [0.3, 0.4) is 0 Å². The molecule has 0 unspecified atom stereocenters. The Hall–Kier alpha value is -2.53. The van der Waals surface area contributed by atoms with Crippen LogP contribution in [0.25, 0.3) is 11.4 Å². The van der Waals surface area contributed by atoms with Gasteiger partial charge in [-0.3, -0.25) is 4.98 Å². The second-order valence-corrected chi connectivity index (χ2v) is 7.30. The standard InChI is InChI=1S/C21H22N4O/c1-13-20(18-8-9-22-11-16(18)12-23-13)21-24-19(26-25-21)10-15-7-6-14-4-2-3-5-17(14)15/h2-5,12,15,22H,6-11H2,1H3/t15-/m1/s1. The lowest BCUT2D eigenvalue weighted by molar-refractivity contribution is 0.369. The maximum atomic E-state index is 5.64. The number of benzene rings is 1. The first kappa shape index (κ1) is 15.7. The van der Waals surface area contributed by atoms with E-state index in [0.717, 1.165) is 55.9 Å². The van der Waals surface area contributed by atoms with Crippen LogP contribution in [0.5, 0.6) is 0 Å². The van der Waals surface area contributed by atoms with Crippen molar-refractivity contribution in [2.24, 2.45) is 0 Å². The van der Waals surface area contributed by atoms with E-state index in [4.69, 9.17) is 9.51 Å². The van der Waals surface area contributed by atoms with Crippen molar-refractivity contribution in [2.75, 3.05) is 6.54 Å². The van der Waals surface area contributed by atoms with Crippen LogP contribution >= 0.6 is 0 Å². The van der Waals surface area contributed by atoms with Gasteiger partial charge in [0.05, 0.1) is 0 Å². The van der Waals surface area contributed by atoms with Gasteiger partial charge in [-0.1, -0.05) is 29.4 Å². The summed E-state index contributed by atoms with van der Waals surface area (Å²) in [6, 6.07) is 8.71. The van der Waals surface area contributed by atoms with Crippen LogP contribution in [-0.4, -0.2) is 21.7 Å². The molecule has 5 nitrogen and oxygen atoms in total. The van der Waals surface area contributed by atoms with Crippen molar-refractivity contribution in [3.63, 3.8) is 0 Å². The molecule has 26 heavy (non-hydrogen) atoms. The summed E-state index contributed by atoms with van der Waals surface area (Å²) in [6.07, 6.45) is 6.06. The molecule has 3 heterocycles. The zero-order chi connectivity index (χ0) is 17.5. The summed E-state index contributed by atoms with van der Waals surface area (Å²) >= 11 is 0. The Morgan fingerprint density at radius 1 is 1.19 bits per heavy atom. The SMILES string of the molecule is Cc1ncc2c(c1-c1noc(C[C@H]3CCc4ccccc43)n1)CCNC2. The molecule has 5 rings (SSSR count). The van der Waals surface area contributed by atoms with E-state index in [1.165, 1.54) is 22.3 Å². The number of hydrogen-bond donors (Lipinski definition) is 1. The first-order valence-electron chi connectivity index (χ1n) is 9.38. The first-order chi connectivity index (χ1) is 12.8. The summed E-state index contributed by atoms with van der Waals surface area (Å²) in [5.41, 5.74) is 7.49. The van der Waals surface area contributed by atoms with Crippen molar-refractivity contribution in [3.8, 4) is 11.4 Å². The summed E-state index contributed by atoms with van der Waals surface area (Å²) < 4.78 is 5.64. The molecular formula is C21H22N4O. The predicted octanol–water partition coefficient (Wildman–Crippen LogP) is 3.36. The lowest BCUT2D eigenvalue weighted by atomic mass is 9.95. The molecule has 3 aromatic rings. The normalized spacial score (nSPS) is 18.6. The molecule has 2 aromatic heterocycles. The molecule has 1 aromatic carbocycles. The van der Waals surface area contributed by atoms with Crippen LogP contribution in [0, 0.1) is 6.92 Å². The third-order valence-corrected chi connectivity index (χ3v) is 5.70. The molecule has 0 spiro atoms. The highest BCUT2D eigenvalue weighted by atomic mass is 16.5. The van der Waals surface area contributed by atoms with E-state index < -0.39 is 0 Å². The van der Waals surface area contributed by atoms with Gasteiger partial charge in [0.25, 0.3) is 0 Å². The zero-order valence-corrected chi connectivity index (χ0v) is 15.0. The molecule has 5 heteroatoms. The van der Waals surface area contributed by atoms with Crippen molar-refractivity contribution >= 4 is 0 Å². The lowest BCUT2D eigenvalue weighted by Crippen LogP contribution is -2.24. The molecule has 1 aliphatic carbocycles. The third kappa shape index (κ3) is 2.63. The number of fused-ring (bicyclic) bond motifs is 2. The number of hydrogen-bond acceptors (Lipinski definition) is 5. The highest BCUT2D eigenvalue weighted by Crippen LogP contribution is 2.35. The molecule has 1 N–H and O–H groups in total. The zero-order valence-electron chi connectivity index (χ0n) is 15.0. The molecule has 0 bridgehead atoms. The molecule has 0 saturated carbocycles. The third-order valence-electron chi connectivity index (χ3n) is 5.70. The maximum Gasteiger partial charge on any atom is 0.227 e. The Morgan fingerprint density at radius 2 is 2.12 bits per heavy atom. The van der Waals surface area contributed by atoms with Crippen LogP contribution in [0.15, 0.2) is 35.0 Å². The largest absolute Gasteiger partial charge is 0.339 e. The summed E-state index contributed by atoms with van der Waals surface area (Å²) in [6.45, 7) is 3.87. The second kappa shape index (κ2) is 6.32. The lowest BCUT2D eigenvalue weighted by Gasteiger charge is -2.19. The quantitative estimate of drug-likeness (QED) is 0.788. The van der Waals surface area contributed by atoms with E-state index >= 15 is 0 Å². The number of nitrogens with zero attached hydrogens (tertiary/aromatic N) is 3. The summed E-state index contributed by atoms with van der Waals surface area (Å²) in [4.78, 5) is 9.30. The molecule has 2 aliphatic rings. The van der Waals surface area contributed by atoms with Gasteiger partial charge in [-0.25, -0.2) is 0 Å². The molecule has 0 fully saturated rings. The highest BCUT2D eigenvalue weighted by Gasteiger charge is 2.26. The Balaban J connectivity index is 1.45. The van der Waals surface area contributed by atoms with Gasteiger partial charge in [-0.2, -0.15) is 4.98 Å². The molecule has 0 saturated heterocycles. The maximum absolute atomic E-state index is 5.64. The van der Waals surface area contributed by atoms with Gasteiger partial charge < -0.3 is 9.84 Å². The minimum Gasteiger partial charge on any atom is -0.339 e. The number of rotatable bonds is 3. The van der Waals surface area contributed by atoms with Gasteiger partial charge in [-0.05, 0) is 60.9 Å². The van der Waals surface area contributed by atoms with Gasteiger partial charge in [0.2, 0.25) is 11.7 Å². The van der Waals surface area contributed by atoms with Crippen molar-refractivity contribution in [2.45, 2.75) is 45.1 Å². The Labute approximate surface area is 152 Å². The Kier molecular flexibility index (Phi) is 3.82. The number of aryl methyl sites for hydroxylation is 2. The Morgan fingerprint density at radius 3 is 3.08 bits per heavy atom. The fourth-order valence-corrected chi connectivity index (χ4v) is 4.37. The first-order valence-corrected chi connectivity index (χ1v) is 9.38. The van der Waals surface area contributed by atoms with Crippen molar-refractivity contribution < 1.29 is 4.52 Å². The van der Waals surface area contributed by atoms with Gasteiger partial charge in [-0.15, -0.1) is 0 Å². The second-order valence-electron chi connectivity index (χ2n) is 7.30. The average molecular weight is 346 g/mol. The topological polar surface area (TPSA) is 63.8 Å². The van der Waals surface area contributed by atoms with Crippen molar-refractivity contribution in [1.29, 1.82) is 0 Å². The van der Waals surface area contributed by atoms with E-state index in [9.17, 15) is 0 Å². The average Bonchev–Trinajstić information content (AvgIpc) is 3.30. The van der Waals surface area contributed by atoms with E-state index in [1.807, 2.05) is 13.1 Å². The van der Waals surface area contributed by atoms with Crippen LogP contribution in [0.2, 0.25) is 0 Å². The van der Waals surface area contributed by atoms with Crippen LogP contribution in [0.1, 0.15) is 46.2 Å². The van der Waals surface area contributed by atoms with E-state index in [0.29, 0.717) is 11.7 Å². The number of pyridine rings is 1. The van der Waals surface area contributed by atoms with Crippen LogP contribution < -0.4 is 5.32 Å². The monoisotopic (exact) mass is 346 g/mol. The van der Waals surface area contributed by atoms with E-state index in [-0.39, 0.29) is 0 Å². The summed E-state index contributed by atoms with van der Waals surface area (Å²) in [5, 5.41) is 7.70. The molecule has 0 radical (unpaired) electrons. The van der Waals surface area contributed by atoms with Gasteiger partial charge in [0.1, 0.15) is 0 Å². The van der Waals surface area contributed by atoms with Crippen LogP contribution in [0.4, 0.5) is 0 Å². The smallest absolute Gasteiger partial charge is 0.227 e. The minimum absolute atomic E-state index is 0.479.